The minimum atomic E-state index is -1.12. The third kappa shape index (κ3) is 2.18. The number of urea groups is 1. The zero-order valence-corrected chi connectivity index (χ0v) is 11.3. The summed E-state index contributed by atoms with van der Waals surface area (Å²) in [5, 5.41) is 12.1. The van der Waals surface area contributed by atoms with Crippen LogP contribution in [0.15, 0.2) is 0 Å². The SMILES string of the molecule is CC(NC(=O)N1CCCC1(C)C)(C(=O)O)C1CC1. The molecule has 1 saturated heterocycles. The van der Waals surface area contributed by atoms with Crippen molar-refractivity contribution in [2.24, 2.45) is 5.92 Å². The van der Waals surface area contributed by atoms with Gasteiger partial charge in [-0.1, -0.05) is 0 Å². The van der Waals surface area contributed by atoms with Gasteiger partial charge in [0.25, 0.3) is 0 Å². The smallest absolute Gasteiger partial charge is 0.329 e. The number of hydrogen-bond donors (Lipinski definition) is 2. The summed E-state index contributed by atoms with van der Waals surface area (Å²) in [5.41, 5.74) is -1.29. The third-order valence-electron chi connectivity index (χ3n) is 4.35. The molecule has 18 heavy (non-hydrogen) atoms. The number of carboxylic acid groups (broad SMARTS) is 1. The Bertz CT molecular complexity index is 376. The average Bonchev–Trinajstić information content (AvgIpc) is 3.02. The molecule has 1 atom stereocenters. The van der Waals surface area contributed by atoms with Crippen LogP contribution in [-0.2, 0) is 4.79 Å². The van der Waals surface area contributed by atoms with E-state index in [1.54, 1.807) is 11.8 Å². The first-order valence-corrected chi connectivity index (χ1v) is 6.60. The lowest BCUT2D eigenvalue weighted by molar-refractivity contribution is -0.144. The number of rotatable bonds is 3. The molecule has 0 bridgehead atoms. The summed E-state index contributed by atoms with van der Waals surface area (Å²) in [5.74, 6) is -0.861. The standard InChI is InChI=1S/C13H22N2O3/c1-12(2)7-4-8-15(12)11(18)14-13(3,10(16)17)9-5-6-9/h9H,4-8H2,1-3H3,(H,14,18)(H,16,17). The van der Waals surface area contributed by atoms with E-state index in [-0.39, 0.29) is 17.5 Å². The van der Waals surface area contributed by atoms with Gasteiger partial charge in [0, 0.05) is 12.1 Å². The Morgan fingerprint density at radius 3 is 2.39 bits per heavy atom. The van der Waals surface area contributed by atoms with E-state index < -0.39 is 11.5 Å². The van der Waals surface area contributed by atoms with Crippen molar-refractivity contribution in [3.05, 3.63) is 0 Å². The van der Waals surface area contributed by atoms with Gasteiger partial charge >= 0.3 is 12.0 Å². The van der Waals surface area contributed by atoms with Crippen molar-refractivity contribution < 1.29 is 14.7 Å². The number of nitrogens with one attached hydrogen (secondary N) is 1. The van der Waals surface area contributed by atoms with Crippen molar-refractivity contribution in [1.82, 2.24) is 10.2 Å². The monoisotopic (exact) mass is 254 g/mol. The van der Waals surface area contributed by atoms with Gasteiger partial charge in [0.1, 0.15) is 5.54 Å². The lowest BCUT2D eigenvalue weighted by atomic mass is 9.96. The number of aliphatic carboxylic acids is 1. The van der Waals surface area contributed by atoms with Crippen molar-refractivity contribution in [3.8, 4) is 0 Å². The highest BCUT2D eigenvalue weighted by Crippen LogP contribution is 2.40. The number of amides is 2. The molecule has 0 radical (unpaired) electrons. The van der Waals surface area contributed by atoms with Crippen molar-refractivity contribution in [2.45, 2.75) is 57.5 Å². The van der Waals surface area contributed by atoms with Crippen molar-refractivity contribution in [2.75, 3.05) is 6.54 Å². The normalized spacial score (nSPS) is 25.6. The van der Waals surface area contributed by atoms with Crippen LogP contribution < -0.4 is 5.32 Å². The molecule has 0 aromatic heterocycles. The predicted molar refractivity (Wildman–Crippen MR) is 67.3 cm³/mol. The highest BCUT2D eigenvalue weighted by atomic mass is 16.4. The Balaban J connectivity index is 2.08. The van der Waals surface area contributed by atoms with Crippen LogP contribution in [0.5, 0.6) is 0 Å². The molecule has 102 valence electrons. The number of hydrogen-bond acceptors (Lipinski definition) is 2. The third-order valence-corrected chi connectivity index (χ3v) is 4.35. The van der Waals surface area contributed by atoms with Gasteiger partial charge < -0.3 is 15.3 Å². The van der Waals surface area contributed by atoms with Crippen LogP contribution >= 0.6 is 0 Å². The van der Waals surface area contributed by atoms with Crippen LogP contribution in [0, 0.1) is 5.92 Å². The molecule has 1 aliphatic heterocycles. The molecule has 2 aliphatic rings. The molecule has 0 aromatic rings. The van der Waals surface area contributed by atoms with Crippen molar-refractivity contribution >= 4 is 12.0 Å². The van der Waals surface area contributed by atoms with Gasteiger partial charge in [0.15, 0.2) is 0 Å². The van der Waals surface area contributed by atoms with Gasteiger partial charge in [-0.3, -0.25) is 0 Å². The minimum absolute atomic E-state index is 0.0738. The molecule has 1 unspecified atom stereocenters. The molecule has 2 N–H and O–H groups in total. The maximum atomic E-state index is 12.3. The summed E-state index contributed by atoms with van der Waals surface area (Å²) in [7, 11) is 0. The first-order chi connectivity index (χ1) is 8.27. The van der Waals surface area contributed by atoms with Crippen LogP contribution in [-0.4, -0.2) is 39.6 Å². The van der Waals surface area contributed by atoms with E-state index in [0.29, 0.717) is 6.54 Å². The molecule has 1 saturated carbocycles. The van der Waals surface area contributed by atoms with Gasteiger partial charge in [0.2, 0.25) is 0 Å². The topological polar surface area (TPSA) is 69.6 Å². The zero-order valence-electron chi connectivity index (χ0n) is 11.3. The number of carbonyl (C=O) groups is 2. The summed E-state index contributed by atoms with van der Waals surface area (Å²) < 4.78 is 0. The summed E-state index contributed by atoms with van der Waals surface area (Å²) in [4.78, 5) is 25.4. The number of carbonyl (C=O) groups excluding carboxylic acids is 1. The first kappa shape index (κ1) is 13.2. The zero-order chi connectivity index (χ0) is 13.6. The van der Waals surface area contributed by atoms with Gasteiger partial charge in [-0.15, -0.1) is 0 Å². The Kier molecular flexibility index (Phi) is 3.03. The van der Waals surface area contributed by atoms with Crippen LogP contribution in [0.3, 0.4) is 0 Å². The summed E-state index contributed by atoms with van der Waals surface area (Å²) in [6.45, 7) is 6.37. The molecule has 0 aromatic carbocycles. The van der Waals surface area contributed by atoms with Crippen LogP contribution in [0.2, 0.25) is 0 Å². The average molecular weight is 254 g/mol. The van der Waals surface area contributed by atoms with Gasteiger partial charge in [-0.05, 0) is 52.4 Å². The summed E-state index contributed by atoms with van der Waals surface area (Å²) in [6, 6.07) is -0.241. The van der Waals surface area contributed by atoms with Crippen LogP contribution in [0.1, 0.15) is 46.5 Å². The molecule has 2 rings (SSSR count). The minimum Gasteiger partial charge on any atom is -0.480 e. The molecule has 1 heterocycles. The number of likely N-dealkylation sites (tertiary alicyclic amines) is 1. The largest absolute Gasteiger partial charge is 0.480 e. The van der Waals surface area contributed by atoms with Crippen molar-refractivity contribution in [3.63, 3.8) is 0 Å². The fourth-order valence-electron chi connectivity index (χ4n) is 2.76. The van der Waals surface area contributed by atoms with Crippen LogP contribution in [0.4, 0.5) is 4.79 Å². The van der Waals surface area contributed by atoms with E-state index in [2.05, 4.69) is 5.32 Å². The maximum Gasteiger partial charge on any atom is 0.329 e. The maximum absolute atomic E-state index is 12.3. The highest BCUT2D eigenvalue weighted by Gasteiger charge is 2.50. The molecule has 5 nitrogen and oxygen atoms in total. The quantitative estimate of drug-likeness (QED) is 0.807. The van der Waals surface area contributed by atoms with E-state index in [1.165, 1.54) is 0 Å². The summed E-state index contributed by atoms with van der Waals surface area (Å²) in [6.07, 6.45) is 3.71. The molecule has 2 fully saturated rings. The second kappa shape index (κ2) is 4.14. The summed E-state index contributed by atoms with van der Waals surface area (Å²) >= 11 is 0. The van der Waals surface area contributed by atoms with Crippen molar-refractivity contribution in [1.29, 1.82) is 0 Å². The Morgan fingerprint density at radius 2 is 2.00 bits per heavy atom. The second-order valence-corrected chi connectivity index (χ2v) is 6.28. The van der Waals surface area contributed by atoms with E-state index in [4.69, 9.17) is 0 Å². The Hall–Kier alpha value is -1.26. The highest BCUT2D eigenvalue weighted by molar-refractivity contribution is 5.87. The van der Waals surface area contributed by atoms with Gasteiger partial charge in [-0.25, -0.2) is 9.59 Å². The van der Waals surface area contributed by atoms with E-state index >= 15 is 0 Å². The van der Waals surface area contributed by atoms with Gasteiger partial charge in [0.05, 0.1) is 0 Å². The Labute approximate surface area is 108 Å². The molecule has 5 heteroatoms. The predicted octanol–water partition coefficient (Wildman–Crippen LogP) is 1.82. The van der Waals surface area contributed by atoms with Gasteiger partial charge in [-0.2, -0.15) is 0 Å². The second-order valence-electron chi connectivity index (χ2n) is 6.28. The van der Waals surface area contributed by atoms with E-state index in [0.717, 1.165) is 25.7 Å². The fourth-order valence-corrected chi connectivity index (χ4v) is 2.76. The molecule has 2 amide bonds. The Morgan fingerprint density at radius 1 is 1.39 bits per heavy atom. The molecule has 1 aliphatic carbocycles. The molecule has 0 spiro atoms. The number of nitrogens with zero attached hydrogens (tertiary/aromatic N) is 1. The molecular weight excluding hydrogens is 232 g/mol. The first-order valence-electron chi connectivity index (χ1n) is 6.60. The number of carboxylic acids is 1. The fraction of sp³-hybridized carbons (Fsp3) is 0.846. The van der Waals surface area contributed by atoms with E-state index in [9.17, 15) is 14.7 Å². The van der Waals surface area contributed by atoms with Crippen LogP contribution in [0.25, 0.3) is 0 Å². The lowest BCUT2D eigenvalue weighted by Crippen LogP contribution is -2.59. The lowest BCUT2D eigenvalue weighted by Gasteiger charge is -2.35. The molecular formula is C13H22N2O3. The van der Waals surface area contributed by atoms with E-state index in [1.807, 2.05) is 13.8 Å².